The van der Waals surface area contributed by atoms with Crippen molar-refractivity contribution >= 4 is 11.8 Å². The van der Waals surface area contributed by atoms with Gasteiger partial charge >= 0.3 is 12.5 Å². The second-order valence-corrected chi connectivity index (χ2v) is 5.61. The summed E-state index contributed by atoms with van der Waals surface area (Å²) < 4.78 is 78.6. The highest BCUT2D eigenvalue weighted by Crippen LogP contribution is 2.29. The molecule has 1 fully saturated rings. The van der Waals surface area contributed by atoms with Crippen LogP contribution in [0.25, 0.3) is 0 Å². The molecule has 1 aromatic carbocycles. The Kier molecular flexibility index (Phi) is 5.67. The molecule has 1 saturated heterocycles. The highest BCUT2D eigenvalue weighted by molar-refractivity contribution is 6.00. The van der Waals surface area contributed by atoms with Gasteiger partial charge in [-0.3, -0.25) is 9.59 Å². The molecule has 11 heteroatoms. The van der Waals surface area contributed by atoms with Crippen LogP contribution in [0, 0.1) is 5.92 Å². The maximum atomic E-state index is 12.6. The number of nitrogens with one attached hydrogen (secondary N) is 2. The number of piperidine rings is 1. The van der Waals surface area contributed by atoms with Gasteiger partial charge in [0.1, 0.15) is 17.7 Å². The average molecular weight is 384 g/mol. The van der Waals surface area contributed by atoms with Crippen LogP contribution in [0.5, 0.6) is 5.75 Å². The highest BCUT2D eigenvalue weighted by Gasteiger charge is 2.45. The van der Waals surface area contributed by atoms with Crippen molar-refractivity contribution in [3.63, 3.8) is 0 Å². The van der Waals surface area contributed by atoms with Crippen molar-refractivity contribution in [2.24, 2.45) is 5.92 Å². The van der Waals surface area contributed by atoms with Gasteiger partial charge in [-0.1, -0.05) is 18.2 Å². The molecule has 2 unspecified atom stereocenters. The minimum atomic E-state index is -4.92. The largest absolute Gasteiger partial charge is 0.573 e. The monoisotopic (exact) mass is 384 g/mol. The fraction of sp³-hybridized carbons (Fsp3) is 0.467. The van der Waals surface area contributed by atoms with E-state index in [4.69, 9.17) is 0 Å². The number of hydrogen-bond acceptors (Lipinski definition) is 3. The van der Waals surface area contributed by atoms with Gasteiger partial charge < -0.3 is 15.4 Å². The third-order valence-electron chi connectivity index (χ3n) is 3.74. The molecular formula is C15H14F6N2O3. The van der Waals surface area contributed by atoms with Gasteiger partial charge in [0.25, 0.3) is 0 Å². The SMILES string of the molecule is O=C(NCc1ccccc1OC(F)(F)F)C1CCC(C(F)(F)F)NC1=O. The van der Waals surface area contributed by atoms with Gasteiger partial charge in [0, 0.05) is 12.1 Å². The minimum absolute atomic E-state index is 0.00237. The predicted octanol–water partition coefficient (Wildman–Crippen LogP) is 2.66. The number of carbonyl (C=O) groups is 2. The normalized spacial score (nSPS) is 21.1. The number of hydrogen-bond donors (Lipinski definition) is 2. The topological polar surface area (TPSA) is 67.4 Å². The van der Waals surface area contributed by atoms with E-state index in [1.54, 1.807) is 5.32 Å². The van der Waals surface area contributed by atoms with Crippen LogP contribution in [0.3, 0.4) is 0 Å². The molecule has 0 spiro atoms. The molecule has 5 nitrogen and oxygen atoms in total. The lowest BCUT2D eigenvalue weighted by molar-refractivity contribution is -0.274. The zero-order valence-electron chi connectivity index (χ0n) is 13.1. The van der Waals surface area contributed by atoms with Crippen LogP contribution in [0.4, 0.5) is 26.3 Å². The molecule has 0 aromatic heterocycles. The Labute approximate surface area is 143 Å². The summed E-state index contributed by atoms with van der Waals surface area (Å²) in [4.78, 5) is 23.7. The lowest BCUT2D eigenvalue weighted by atomic mass is 9.92. The van der Waals surface area contributed by atoms with Gasteiger partial charge in [0.05, 0.1) is 0 Å². The molecular weight excluding hydrogens is 370 g/mol. The molecule has 1 aliphatic rings. The first-order valence-electron chi connectivity index (χ1n) is 7.46. The van der Waals surface area contributed by atoms with Gasteiger partial charge in [0.15, 0.2) is 0 Å². The number of alkyl halides is 6. The molecule has 1 heterocycles. The van der Waals surface area contributed by atoms with Crippen LogP contribution < -0.4 is 15.4 Å². The Bertz CT molecular complexity index is 674. The summed E-state index contributed by atoms with van der Waals surface area (Å²) in [5.74, 6) is -3.81. The predicted molar refractivity (Wildman–Crippen MR) is 75.7 cm³/mol. The fourth-order valence-electron chi connectivity index (χ4n) is 2.48. The van der Waals surface area contributed by atoms with Crippen LogP contribution in [0.15, 0.2) is 24.3 Å². The van der Waals surface area contributed by atoms with Crippen molar-refractivity contribution in [1.82, 2.24) is 10.6 Å². The summed E-state index contributed by atoms with van der Waals surface area (Å²) >= 11 is 0. The lowest BCUT2D eigenvalue weighted by Crippen LogP contribution is -2.54. The molecule has 1 aromatic rings. The van der Waals surface area contributed by atoms with Crippen molar-refractivity contribution in [1.29, 1.82) is 0 Å². The molecule has 2 atom stereocenters. The van der Waals surface area contributed by atoms with E-state index in [2.05, 4.69) is 10.1 Å². The fourth-order valence-corrected chi connectivity index (χ4v) is 2.48. The standard InChI is InChI=1S/C15H14F6N2O3/c16-14(17,18)11-6-5-9(13(25)23-11)12(24)22-7-8-3-1-2-4-10(8)26-15(19,20)21/h1-4,9,11H,5-7H2,(H,22,24)(H,23,25). The number of halogens is 6. The summed E-state index contributed by atoms with van der Waals surface area (Å²) in [6.07, 6.45) is -10.3. The second kappa shape index (κ2) is 7.42. The molecule has 2 amide bonds. The van der Waals surface area contributed by atoms with E-state index in [0.29, 0.717) is 0 Å². The van der Waals surface area contributed by atoms with Crippen LogP contribution >= 0.6 is 0 Å². The molecule has 1 aliphatic heterocycles. The molecule has 0 bridgehead atoms. The van der Waals surface area contributed by atoms with Crippen LogP contribution in [-0.4, -0.2) is 30.4 Å². The summed E-state index contributed by atoms with van der Waals surface area (Å²) in [7, 11) is 0. The van der Waals surface area contributed by atoms with E-state index in [9.17, 15) is 35.9 Å². The first-order chi connectivity index (χ1) is 12.0. The Morgan fingerprint density at radius 3 is 2.38 bits per heavy atom. The molecule has 144 valence electrons. The quantitative estimate of drug-likeness (QED) is 0.620. The molecule has 0 aliphatic carbocycles. The summed E-state index contributed by atoms with van der Waals surface area (Å²) in [5.41, 5.74) is 0.00237. The van der Waals surface area contributed by atoms with E-state index < -0.39 is 48.5 Å². The van der Waals surface area contributed by atoms with E-state index in [-0.39, 0.29) is 18.5 Å². The summed E-state index contributed by atoms with van der Waals surface area (Å²) in [6, 6.07) is 3.04. The second-order valence-electron chi connectivity index (χ2n) is 5.61. The van der Waals surface area contributed by atoms with Crippen molar-refractivity contribution in [3.8, 4) is 5.75 Å². The summed E-state index contributed by atoms with van der Waals surface area (Å²) in [6.45, 7) is -0.377. The lowest BCUT2D eigenvalue weighted by Gasteiger charge is -2.29. The Balaban J connectivity index is 1.97. The van der Waals surface area contributed by atoms with E-state index in [1.807, 2.05) is 0 Å². The first kappa shape index (κ1) is 19.9. The van der Waals surface area contributed by atoms with Crippen molar-refractivity contribution in [3.05, 3.63) is 29.8 Å². The van der Waals surface area contributed by atoms with Crippen LogP contribution in [-0.2, 0) is 16.1 Å². The number of rotatable bonds is 4. The van der Waals surface area contributed by atoms with E-state index in [0.717, 1.165) is 6.07 Å². The van der Waals surface area contributed by atoms with Gasteiger partial charge in [-0.05, 0) is 18.9 Å². The van der Waals surface area contributed by atoms with Gasteiger partial charge in [-0.2, -0.15) is 13.2 Å². The Morgan fingerprint density at radius 1 is 1.15 bits per heavy atom. The van der Waals surface area contributed by atoms with Gasteiger partial charge in [-0.15, -0.1) is 13.2 Å². The third kappa shape index (κ3) is 5.27. The van der Waals surface area contributed by atoms with Crippen molar-refractivity contribution in [2.45, 2.75) is 38.0 Å². The molecule has 0 saturated carbocycles. The number of amides is 2. The highest BCUT2D eigenvalue weighted by atomic mass is 19.4. The smallest absolute Gasteiger partial charge is 0.405 e. The van der Waals surface area contributed by atoms with Crippen LogP contribution in [0.1, 0.15) is 18.4 Å². The number of benzene rings is 1. The zero-order chi connectivity index (χ0) is 19.5. The van der Waals surface area contributed by atoms with Crippen LogP contribution in [0.2, 0.25) is 0 Å². The Hall–Kier alpha value is -2.46. The van der Waals surface area contributed by atoms with Crippen molar-refractivity contribution < 1.29 is 40.7 Å². The van der Waals surface area contributed by atoms with Gasteiger partial charge in [0.2, 0.25) is 11.8 Å². The van der Waals surface area contributed by atoms with E-state index >= 15 is 0 Å². The third-order valence-corrected chi connectivity index (χ3v) is 3.74. The Morgan fingerprint density at radius 2 is 1.81 bits per heavy atom. The zero-order valence-corrected chi connectivity index (χ0v) is 13.1. The maximum Gasteiger partial charge on any atom is 0.573 e. The minimum Gasteiger partial charge on any atom is -0.405 e. The molecule has 26 heavy (non-hydrogen) atoms. The molecule has 0 radical (unpaired) electrons. The first-order valence-corrected chi connectivity index (χ1v) is 7.46. The van der Waals surface area contributed by atoms with E-state index in [1.165, 1.54) is 18.2 Å². The number of para-hydroxylation sites is 1. The maximum absolute atomic E-state index is 12.6. The summed E-state index contributed by atoms with van der Waals surface area (Å²) in [5, 5.41) is 3.98. The van der Waals surface area contributed by atoms with Crippen molar-refractivity contribution in [2.75, 3.05) is 0 Å². The number of carbonyl (C=O) groups excluding carboxylic acids is 2. The molecule has 2 rings (SSSR count). The molecule has 2 N–H and O–H groups in total. The number of ether oxygens (including phenoxy) is 1. The van der Waals surface area contributed by atoms with Gasteiger partial charge in [-0.25, -0.2) is 0 Å². The average Bonchev–Trinajstić information content (AvgIpc) is 2.51.